The average Bonchev–Trinajstić information content (AvgIpc) is 3.52. The summed E-state index contributed by atoms with van der Waals surface area (Å²) in [6, 6.07) is 4.02. The minimum Gasteiger partial charge on any atom is -0.413 e. The van der Waals surface area contributed by atoms with Gasteiger partial charge in [-0.2, -0.15) is 4.98 Å². The van der Waals surface area contributed by atoms with Crippen LogP contribution in [0.3, 0.4) is 0 Å². The van der Waals surface area contributed by atoms with Crippen molar-refractivity contribution in [3.8, 4) is 0 Å². The highest BCUT2D eigenvalue weighted by molar-refractivity contribution is 6.31. The summed E-state index contributed by atoms with van der Waals surface area (Å²) in [5.41, 5.74) is 8.22. The number of nitrogens with two attached hydrogens (primary N) is 1. The Kier molecular flexibility index (Phi) is 7.10. The molecule has 7 nitrogen and oxygen atoms in total. The van der Waals surface area contributed by atoms with Crippen molar-refractivity contribution in [3.63, 3.8) is 0 Å². The summed E-state index contributed by atoms with van der Waals surface area (Å²) < 4.78 is 6.26. The molecule has 2 aromatic heterocycles. The first-order valence-electron chi connectivity index (χ1n) is 10.9. The summed E-state index contributed by atoms with van der Waals surface area (Å²) >= 11 is 0. The van der Waals surface area contributed by atoms with E-state index in [1.165, 1.54) is 18.4 Å². The number of pyridine rings is 1. The molecule has 8 heteroatoms. The second-order valence-electron chi connectivity index (χ2n) is 9.76. The summed E-state index contributed by atoms with van der Waals surface area (Å²) in [6.07, 6.45) is 7.09. The highest BCUT2D eigenvalue weighted by Crippen LogP contribution is 2.42. The van der Waals surface area contributed by atoms with Crippen LogP contribution < -0.4 is 16.4 Å². The normalized spacial score (nSPS) is 15.0. The maximum atomic E-state index is 6.26. The van der Waals surface area contributed by atoms with Gasteiger partial charge in [0.15, 0.2) is 9.76 Å². The summed E-state index contributed by atoms with van der Waals surface area (Å²) in [4.78, 5) is 13.9. The second-order valence-corrected chi connectivity index (χ2v) is 12.5. The third-order valence-electron chi connectivity index (χ3n) is 5.01. The van der Waals surface area contributed by atoms with Gasteiger partial charge in [0.25, 0.3) is 0 Å². The van der Waals surface area contributed by atoms with Gasteiger partial charge in [0.2, 0.25) is 5.95 Å². The number of nitrogens with one attached hydrogen (secondary N) is 2. The maximum absolute atomic E-state index is 6.26. The zero-order chi connectivity index (χ0) is 21.8. The summed E-state index contributed by atoms with van der Waals surface area (Å²) in [7, 11) is -0.665. The first-order valence-corrected chi connectivity index (χ1v) is 12.1. The molecule has 1 aliphatic carbocycles. The Morgan fingerprint density at radius 2 is 1.90 bits per heavy atom. The molecule has 3 rings (SSSR count). The number of hydrogen-bond acceptors (Lipinski definition) is 7. The zero-order valence-electron chi connectivity index (χ0n) is 19.0. The molecule has 2 heterocycles. The van der Waals surface area contributed by atoms with Crippen LogP contribution >= 0.6 is 0 Å². The van der Waals surface area contributed by atoms with Crippen LogP contribution in [0.5, 0.6) is 0 Å². The molecule has 1 fully saturated rings. The van der Waals surface area contributed by atoms with Crippen molar-refractivity contribution in [1.29, 1.82) is 0 Å². The number of anilines is 3. The number of aromatic nitrogens is 3. The van der Waals surface area contributed by atoms with E-state index in [1.54, 1.807) is 0 Å². The summed E-state index contributed by atoms with van der Waals surface area (Å²) in [5, 5.41) is 6.94. The molecule has 2 aromatic rings. The predicted molar refractivity (Wildman–Crippen MR) is 126 cm³/mol. The van der Waals surface area contributed by atoms with E-state index in [1.807, 2.05) is 24.5 Å². The molecule has 0 amide bonds. The fourth-order valence-electron chi connectivity index (χ4n) is 3.02. The van der Waals surface area contributed by atoms with Gasteiger partial charge in [-0.3, -0.25) is 4.98 Å². The van der Waals surface area contributed by atoms with Crippen LogP contribution in [0.1, 0.15) is 71.1 Å². The number of hydrogen-bond donors (Lipinski definition) is 3. The quantitative estimate of drug-likeness (QED) is 0.391. The Bertz CT molecular complexity index is 831. The van der Waals surface area contributed by atoms with E-state index in [4.69, 9.17) is 15.1 Å². The lowest BCUT2D eigenvalue weighted by Gasteiger charge is -2.29. The molecule has 0 aliphatic heterocycles. The zero-order valence-corrected chi connectivity index (χ0v) is 20.4. The molecule has 30 heavy (non-hydrogen) atoms. The third kappa shape index (κ3) is 6.48. The van der Waals surface area contributed by atoms with E-state index in [0.717, 1.165) is 30.2 Å². The van der Waals surface area contributed by atoms with Gasteiger partial charge in [-0.15, -0.1) is 0 Å². The Hall–Kier alpha value is -2.03. The van der Waals surface area contributed by atoms with Crippen LogP contribution in [-0.2, 0) is 10.0 Å². The molecular weight excluding hydrogens is 392 g/mol. The monoisotopic (exact) mass is 428 g/mol. The third-order valence-corrected chi connectivity index (χ3v) is 6.74. The van der Waals surface area contributed by atoms with E-state index in [2.05, 4.69) is 55.2 Å². The Labute approximate surface area is 182 Å². The van der Waals surface area contributed by atoms with Crippen LogP contribution in [0.15, 0.2) is 24.5 Å². The predicted octanol–water partition coefficient (Wildman–Crippen LogP) is 3.81. The standard InChI is InChI=1S/C22H36N6OSi/c1-21(2,3)30-29-22(4,5)18-10-9-16(13-25-18)27-20-26-14-17(15-7-8-15)19(28-20)24-12-6-11-23/h9-10,13-15H,6-8,11-12,23,30H2,1-5H3,(H2,24,26,27,28). The van der Waals surface area contributed by atoms with Gasteiger partial charge >= 0.3 is 0 Å². The van der Waals surface area contributed by atoms with E-state index < -0.39 is 9.76 Å². The molecule has 0 aromatic carbocycles. The maximum Gasteiger partial charge on any atom is 0.229 e. The van der Waals surface area contributed by atoms with Gasteiger partial charge in [0.1, 0.15) is 5.82 Å². The lowest BCUT2D eigenvalue weighted by Crippen LogP contribution is -2.28. The van der Waals surface area contributed by atoms with Gasteiger partial charge in [-0.05, 0) is 62.7 Å². The smallest absolute Gasteiger partial charge is 0.229 e. The summed E-state index contributed by atoms with van der Waals surface area (Å²) in [6.45, 7) is 12.3. The number of nitrogens with zero attached hydrogens (tertiary/aromatic N) is 3. The van der Waals surface area contributed by atoms with E-state index in [0.29, 0.717) is 18.4 Å². The molecule has 0 radical (unpaired) electrons. The van der Waals surface area contributed by atoms with Crippen molar-refractivity contribution in [2.75, 3.05) is 23.7 Å². The van der Waals surface area contributed by atoms with Crippen molar-refractivity contribution in [1.82, 2.24) is 15.0 Å². The molecular formula is C22H36N6OSi. The van der Waals surface area contributed by atoms with E-state index in [-0.39, 0.29) is 10.6 Å². The molecule has 0 unspecified atom stereocenters. The van der Waals surface area contributed by atoms with Crippen LogP contribution in [0.25, 0.3) is 0 Å². The van der Waals surface area contributed by atoms with Crippen molar-refractivity contribution in [2.24, 2.45) is 5.73 Å². The van der Waals surface area contributed by atoms with Crippen molar-refractivity contribution in [3.05, 3.63) is 35.8 Å². The molecule has 164 valence electrons. The minimum absolute atomic E-state index is 0.249. The first kappa shape index (κ1) is 22.6. The average molecular weight is 429 g/mol. The fraction of sp³-hybridized carbons (Fsp3) is 0.591. The molecule has 1 saturated carbocycles. The van der Waals surface area contributed by atoms with Crippen LogP contribution in [-0.4, -0.2) is 37.8 Å². The molecule has 0 atom stereocenters. The largest absolute Gasteiger partial charge is 0.413 e. The van der Waals surface area contributed by atoms with Gasteiger partial charge in [0, 0.05) is 18.3 Å². The SMILES string of the molecule is CC(C)(C)[SiH2]OC(C)(C)c1ccc(Nc2ncc(C3CC3)c(NCCCN)n2)cn1. The topological polar surface area (TPSA) is 98.0 Å². The fourth-order valence-corrected chi connectivity index (χ4v) is 3.96. The van der Waals surface area contributed by atoms with Gasteiger partial charge < -0.3 is 20.8 Å². The Balaban J connectivity index is 1.68. The van der Waals surface area contributed by atoms with Crippen molar-refractivity contribution >= 4 is 27.2 Å². The first-order chi connectivity index (χ1) is 14.2. The van der Waals surface area contributed by atoms with Gasteiger partial charge in [-0.1, -0.05) is 20.8 Å². The van der Waals surface area contributed by atoms with E-state index >= 15 is 0 Å². The molecule has 4 N–H and O–H groups in total. The Morgan fingerprint density at radius 3 is 2.50 bits per heavy atom. The van der Waals surface area contributed by atoms with Crippen molar-refractivity contribution in [2.45, 2.75) is 70.4 Å². The van der Waals surface area contributed by atoms with Crippen LogP contribution in [0.4, 0.5) is 17.5 Å². The summed E-state index contributed by atoms with van der Waals surface area (Å²) in [5.74, 6) is 2.06. The molecule has 0 bridgehead atoms. The Morgan fingerprint density at radius 1 is 1.13 bits per heavy atom. The lowest BCUT2D eigenvalue weighted by molar-refractivity contribution is 0.104. The van der Waals surface area contributed by atoms with Crippen LogP contribution in [0.2, 0.25) is 5.04 Å². The number of rotatable bonds is 10. The highest BCUT2D eigenvalue weighted by Gasteiger charge is 2.28. The minimum atomic E-state index is -0.665. The second kappa shape index (κ2) is 9.41. The molecule has 1 aliphatic rings. The lowest BCUT2D eigenvalue weighted by atomic mass is 10.1. The highest BCUT2D eigenvalue weighted by atomic mass is 28.2. The van der Waals surface area contributed by atoms with E-state index in [9.17, 15) is 0 Å². The van der Waals surface area contributed by atoms with Crippen molar-refractivity contribution < 1.29 is 4.43 Å². The van der Waals surface area contributed by atoms with Crippen LogP contribution in [0, 0.1) is 0 Å². The van der Waals surface area contributed by atoms with Gasteiger partial charge in [0.05, 0.1) is 23.2 Å². The van der Waals surface area contributed by atoms with Gasteiger partial charge in [-0.25, -0.2) is 4.98 Å². The molecule has 0 saturated heterocycles. The molecule has 0 spiro atoms.